The number of halogens is 1. The summed E-state index contributed by atoms with van der Waals surface area (Å²) in [5, 5.41) is 6.82. The van der Waals surface area contributed by atoms with Crippen LogP contribution >= 0.6 is 24.0 Å². The highest BCUT2D eigenvalue weighted by atomic mass is 127. The van der Waals surface area contributed by atoms with Crippen molar-refractivity contribution in [3.05, 3.63) is 53.1 Å². The summed E-state index contributed by atoms with van der Waals surface area (Å²) in [7, 11) is 9.20. The maximum absolute atomic E-state index is 5.50. The number of benzene rings is 2. The number of hydrogen-bond donors (Lipinski definition) is 2. The van der Waals surface area contributed by atoms with Crippen molar-refractivity contribution < 1.29 is 9.47 Å². The van der Waals surface area contributed by atoms with Gasteiger partial charge in [0.15, 0.2) is 5.96 Å². The molecule has 2 rings (SSSR count). The highest BCUT2D eigenvalue weighted by molar-refractivity contribution is 14.0. The Labute approximate surface area is 191 Å². The van der Waals surface area contributed by atoms with Crippen LogP contribution in [-0.2, 0) is 6.54 Å². The minimum absolute atomic E-state index is 0. The van der Waals surface area contributed by atoms with Gasteiger partial charge in [0, 0.05) is 38.9 Å². The van der Waals surface area contributed by atoms with Gasteiger partial charge in [-0.2, -0.15) is 0 Å². The molecule has 2 aromatic carbocycles. The molecule has 0 aliphatic carbocycles. The van der Waals surface area contributed by atoms with E-state index in [4.69, 9.17) is 9.47 Å². The first-order valence-corrected chi connectivity index (χ1v) is 9.35. The van der Waals surface area contributed by atoms with Gasteiger partial charge >= 0.3 is 0 Å². The lowest BCUT2D eigenvalue weighted by Crippen LogP contribution is -2.38. The molecule has 2 aromatic rings. The quantitative estimate of drug-likeness (QED) is 0.332. The summed E-state index contributed by atoms with van der Waals surface area (Å²) in [5.74, 6) is 2.34. The molecule has 6 nitrogen and oxygen atoms in total. The number of anilines is 1. The van der Waals surface area contributed by atoms with Crippen LogP contribution in [0.1, 0.15) is 29.7 Å². The van der Waals surface area contributed by atoms with Gasteiger partial charge in [-0.05, 0) is 55.3 Å². The van der Waals surface area contributed by atoms with Gasteiger partial charge in [0.2, 0.25) is 0 Å². The smallest absolute Gasteiger partial charge is 0.191 e. The third-order valence-corrected chi connectivity index (χ3v) is 4.77. The van der Waals surface area contributed by atoms with Crippen molar-refractivity contribution in [2.45, 2.75) is 26.4 Å². The summed E-state index contributed by atoms with van der Waals surface area (Å²) in [6.45, 7) is 4.90. The van der Waals surface area contributed by atoms with Crippen molar-refractivity contribution in [3.63, 3.8) is 0 Å². The van der Waals surface area contributed by atoms with E-state index >= 15 is 0 Å². The number of aliphatic imine (C=N–C) groups is 1. The number of methoxy groups -OCH3 is 2. The van der Waals surface area contributed by atoms with Crippen molar-refractivity contribution >= 4 is 35.6 Å². The third-order valence-electron chi connectivity index (χ3n) is 4.77. The molecular weight excluding hydrogens is 479 g/mol. The van der Waals surface area contributed by atoms with Crippen LogP contribution in [0.3, 0.4) is 0 Å². The van der Waals surface area contributed by atoms with E-state index in [0.29, 0.717) is 6.54 Å². The second-order valence-corrected chi connectivity index (χ2v) is 6.90. The standard InChI is InChI=1S/C22H32N4O2.HI/c1-15-12-18(26(4)5)9-8-17(15)14-24-22(23-3)25-16(2)20-13-19(27-6)10-11-21(20)28-7;/h8-13,16H,14H2,1-7H3,(H2,23,24,25);1H. The van der Waals surface area contributed by atoms with Crippen LogP contribution in [0.2, 0.25) is 0 Å². The van der Waals surface area contributed by atoms with Crippen LogP contribution in [0.15, 0.2) is 41.4 Å². The van der Waals surface area contributed by atoms with E-state index in [1.807, 2.05) is 32.3 Å². The van der Waals surface area contributed by atoms with Crippen LogP contribution < -0.4 is 25.0 Å². The van der Waals surface area contributed by atoms with Gasteiger partial charge < -0.3 is 25.0 Å². The Morgan fingerprint density at radius 3 is 2.38 bits per heavy atom. The largest absolute Gasteiger partial charge is 0.497 e. The predicted octanol–water partition coefficient (Wildman–Crippen LogP) is 4.12. The van der Waals surface area contributed by atoms with E-state index in [0.717, 1.165) is 23.0 Å². The summed E-state index contributed by atoms with van der Waals surface area (Å²) < 4.78 is 10.8. The minimum atomic E-state index is -0.00605. The fraction of sp³-hybridized carbons (Fsp3) is 0.409. The van der Waals surface area contributed by atoms with Gasteiger partial charge in [-0.1, -0.05) is 6.07 Å². The maximum Gasteiger partial charge on any atom is 0.191 e. The summed E-state index contributed by atoms with van der Waals surface area (Å²) in [4.78, 5) is 6.46. The molecular formula is C22H33IN4O2. The number of aryl methyl sites for hydroxylation is 1. The van der Waals surface area contributed by atoms with Gasteiger partial charge in [0.05, 0.1) is 20.3 Å². The molecule has 0 bridgehead atoms. The first-order chi connectivity index (χ1) is 13.4. The Kier molecular flexibility index (Phi) is 10.1. The van der Waals surface area contributed by atoms with E-state index in [2.05, 4.69) is 52.6 Å². The molecule has 29 heavy (non-hydrogen) atoms. The number of hydrogen-bond acceptors (Lipinski definition) is 4. The van der Waals surface area contributed by atoms with E-state index in [1.165, 1.54) is 16.8 Å². The Balaban J connectivity index is 0.00000420. The second kappa shape index (κ2) is 11.7. The number of ether oxygens (including phenoxy) is 2. The molecule has 0 aromatic heterocycles. The van der Waals surface area contributed by atoms with Crippen LogP contribution in [0.25, 0.3) is 0 Å². The van der Waals surface area contributed by atoms with Crippen molar-refractivity contribution in [2.24, 2.45) is 4.99 Å². The molecule has 0 amide bonds. The molecule has 160 valence electrons. The van der Waals surface area contributed by atoms with Crippen molar-refractivity contribution in [1.29, 1.82) is 0 Å². The molecule has 0 saturated heterocycles. The Bertz CT molecular complexity index is 824. The number of nitrogens with one attached hydrogen (secondary N) is 2. The van der Waals surface area contributed by atoms with Gasteiger partial charge in [-0.25, -0.2) is 0 Å². The molecule has 0 heterocycles. The lowest BCUT2D eigenvalue weighted by molar-refractivity contribution is 0.394. The van der Waals surface area contributed by atoms with Gasteiger partial charge in [0.25, 0.3) is 0 Å². The molecule has 1 unspecified atom stereocenters. The summed E-state index contributed by atoms with van der Waals surface area (Å²) in [6.07, 6.45) is 0. The van der Waals surface area contributed by atoms with E-state index in [9.17, 15) is 0 Å². The molecule has 0 fully saturated rings. The lowest BCUT2D eigenvalue weighted by Gasteiger charge is -2.21. The summed E-state index contributed by atoms with van der Waals surface area (Å²) in [5.41, 5.74) is 4.69. The molecule has 1 atom stereocenters. The predicted molar refractivity (Wildman–Crippen MR) is 132 cm³/mol. The van der Waals surface area contributed by atoms with Crippen molar-refractivity contribution in [3.8, 4) is 11.5 Å². The summed E-state index contributed by atoms with van der Waals surface area (Å²) in [6, 6.07) is 12.3. The first-order valence-electron chi connectivity index (χ1n) is 9.35. The zero-order chi connectivity index (χ0) is 20.7. The van der Waals surface area contributed by atoms with Crippen LogP contribution in [0.4, 0.5) is 5.69 Å². The minimum Gasteiger partial charge on any atom is -0.497 e. The van der Waals surface area contributed by atoms with Crippen molar-refractivity contribution in [1.82, 2.24) is 10.6 Å². The van der Waals surface area contributed by atoms with Gasteiger partial charge in [-0.15, -0.1) is 24.0 Å². The molecule has 0 radical (unpaired) electrons. The van der Waals surface area contributed by atoms with E-state index < -0.39 is 0 Å². The molecule has 7 heteroatoms. The molecule has 0 aliphatic heterocycles. The fourth-order valence-electron chi connectivity index (χ4n) is 2.99. The molecule has 0 aliphatic rings. The van der Waals surface area contributed by atoms with Crippen molar-refractivity contribution in [2.75, 3.05) is 40.3 Å². The summed E-state index contributed by atoms with van der Waals surface area (Å²) >= 11 is 0. The van der Waals surface area contributed by atoms with Gasteiger partial charge in [0.1, 0.15) is 11.5 Å². The second-order valence-electron chi connectivity index (χ2n) is 6.90. The normalized spacial score (nSPS) is 11.9. The lowest BCUT2D eigenvalue weighted by atomic mass is 10.1. The highest BCUT2D eigenvalue weighted by Crippen LogP contribution is 2.29. The maximum atomic E-state index is 5.50. The Morgan fingerprint density at radius 1 is 1.10 bits per heavy atom. The van der Waals surface area contributed by atoms with Crippen LogP contribution in [0.5, 0.6) is 11.5 Å². The first kappa shape index (κ1) is 24.9. The number of nitrogens with zero attached hydrogens (tertiary/aromatic N) is 2. The topological polar surface area (TPSA) is 58.1 Å². The highest BCUT2D eigenvalue weighted by Gasteiger charge is 2.14. The molecule has 2 N–H and O–H groups in total. The average molecular weight is 512 g/mol. The molecule has 0 spiro atoms. The Hall–Kier alpha value is -2.16. The number of rotatable bonds is 7. The van der Waals surface area contributed by atoms with E-state index in [1.54, 1.807) is 21.3 Å². The number of guanidine groups is 1. The van der Waals surface area contributed by atoms with E-state index in [-0.39, 0.29) is 30.0 Å². The van der Waals surface area contributed by atoms with Crippen LogP contribution in [-0.4, -0.2) is 41.3 Å². The third kappa shape index (κ3) is 6.69. The van der Waals surface area contributed by atoms with Crippen LogP contribution in [0, 0.1) is 6.92 Å². The zero-order valence-corrected chi connectivity index (χ0v) is 20.7. The fourth-order valence-corrected chi connectivity index (χ4v) is 2.99. The average Bonchev–Trinajstić information content (AvgIpc) is 2.70. The zero-order valence-electron chi connectivity index (χ0n) is 18.4. The molecule has 0 saturated carbocycles. The Morgan fingerprint density at radius 2 is 1.83 bits per heavy atom. The van der Waals surface area contributed by atoms with Gasteiger partial charge in [-0.3, -0.25) is 4.99 Å². The monoisotopic (exact) mass is 512 g/mol. The SMILES string of the molecule is CN=C(NCc1ccc(N(C)C)cc1C)NC(C)c1cc(OC)ccc1OC.I.